The van der Waals surface area contributed by atoms with Crippen LogP contribution in [-0.2, 0) is 0 Å². The van der Waals surface area contributed by atoms with Gasteiger partial charge in [0, 0.05) is 11.6 Å². The minimum absolute atomic E-state index is 0.111. The van der Waals surface area contributed by atoms with E-state index in [-0.39, 0.29) is 5.78 Å². The van der Waals surface area contributed by atoms with Crippen molar-refractivity contribution in [3.8, 4) is 22.6 Å². The van der Waals surface area contributed by atoms with E-state index in [1.165, 1.54) is 5.56 Å². The normalized spacial score (nSPS) is 14.2. The Balaban J connectivity index is 1.77. The van der Waals surface area contributed by atoms with Gasteiger partial charge in [0.15, 0.2) is 5.76 Å². The first-order valence-corrected chi connectivity index (χ1v) is 8.44. The van der Waals surface area contributed by atoms with E-state index in [4.69, 9.17) is 9.47 Å². The Hall–Kier alpha value is -3.33. The molecule has 26 heavy (non-hydrogen) atoms. The average molecular weight is 342 g/mol. The fourth-order valence-corrected chi connectivity index (χ4v) is 3.04. The van der Waals surface area contributed by atoms with Crippen molar-refractivity contribution in [3.63, 3.8) is 0 Å². The van der Waals surface area contributed by atoms with Crippen LogP contribution in [0, 0.1) is 6.92 Å². The number of hydrogen-bond acceptors (Lipinski definition) is 3. The summed E-state index contributed by atoms with van der Waals surface area (Å²) >= 11 is 0. The second-order valence-corrected chi connectivity index (χ2v) is 6.27. The standard InChI is InChI=1S/C23H18O3/c1-15-8-10-17(11-9-15)18-13-19-21(14-20(18)25-2)26-22(23(19)24)12-16-6-4-3-5-7-16/h3-14H,1-2H3. The molecule has 0 atom stereocenters. The smallest absolute Gasteiger partial charge is 0.231 e. The number of benzene rings is 3. The van der Waals surface area contributed by atoms with E-state index in [0.717, 1.165) is 16.7 Å². The summed E-state index contributed by atoms with van der Waals surface area (Å²) in [6.45, 7) is 2.04. The number of rotatable bonds is 3. The van der Waals surface area contributed by atoms with E-state index in [0.29, 0.717) is 22.8 Å². The van der Waals surface area contributed by atoms with Crippen LogP contribution >= 0.6 is 0 Å². The molecule has 3 nitrogen and oxygen atoms in total. The van der Waals surface area contributed by atoms with Gasteiger partial charge in [-0.1, -0.05) is 60.2 Å². The van der Waals surface area contributed by atoms with Gasteiger partial charge in [-0.25, -0.2) is 0 Å². The summed E-state index contributed by atoms with van der Waals surface area (Å²) in [6.07, 6.45) is 1.76. The van der Waals surface area contributed by atoms with Crippen molar-refractivity contribution in [3.05, 3.63) is 89.2 Å². The van der Waals surface area contributed by atoms with Crippen molar-refractivity contribution in [2.24, 2.45) is 0 Å². The van der Waals surface area contributed by atoms with E-state index in [9.17, 15) is 4.79 Å². The van der Waals surface area contributed by atoms with Crippen molar-refractivity contribution in [2.75, 3.05) is 7.11 Å². The number of ether oxygens (including phenoxy) is 2. The SMILES string of the molecule is COc1cc2c(cc1-c1ccc(C)cc1)C(=O)C(=Cc1ccccc1)O2. The zero-order valence-electron chi connectivity index (χ0n) is 14.7. The van der Waals surface area contributed by atoms with Gasteiger partial charge in [-0.3, -0.25) is 4.79 Å². The lowest BCUT2D eigenvalue weighted by molar-refractivity contribution is 0.101. The molecule has 0 spiro atoms. The predicted molar refractivity (Wildman–Crippen MR) is 103 cm³/mol. The van der Waals surface area contributed by atoms with Crippen LogP contribution in [0.2, 0.25) is 0 Å². The Morgan fingerprint density at radius 3 is 2.35 bits per heavy atom. The lowest BCUT2D eigenvalue weighted by Gasteiger charge is -2.10. The largest absolute Gasteiger partial charge is 0.496 e. The summed E-state index contributed by atoms with van der Waals surface area (Å²) in [4.78, 5) is 12.8. The maximum Gasteiger partial charge on any atom is 0.231 e. The molecule has 3 aromatic rings. The Bertz CT molecular complexity index is 1000. The van der Waals surface area contributed by atoms with Gasteiger partial charge in [-0.05, 0) is 30.2 Å². The number of ketones is 1. The minimum Gasteiger partial charge on any atom is -0.496 e. The van der Waals surface area contributed by atoms with Crippen molar-refractivity contribution in [2.45, 2.75) is 6.92 Å². The number of hydrogen-bond donors (Lipinski definition) is 0. The van der Waals surface area contributed by atoms with Gasteiger partial charge in [0.2, 0.25) is 5.78 Å². The van der Waals surface area contributed by atoms with Crippen LogP contribution in [-0.4, -0.2) is 12.9 Å². The highest BCUT2D eigenvalue weighted by Crippen LogP contribution is 2.41. The molecule has 0 fully saturated rings. The average Bonchev–Trinajstić information content (AvgIpc) is 2.97. The van der Waals surface area contributed by atoms with Crippen molar-refractivity contribution in [1.82, 2.24) is 0 Å². The molecule has 128 valence electrons. The summed E-state index contributed by atoms with van der Waals surface area (Å²) in [6, 6.07) is 21.4. The van der Waals surface area contributed by atoms with E-state index in [1.807, 2.05) is 67.6 Å². The van der Waals surface area contributed by atoms with Gasteiger partial charge in [-0.15, -0.1) is 0 Å². The highest BCUT2D eigenvalue weighted by molar-refractivity contribution is 6.15. The lowest BCUT2D eigenvalue weighted by Crippen LogP contribution is -1.98. The summed E-state index contributed by atoms with van der Waals surface area (Å²) in [5, 5.41) is 0. The maximum atomic E-state index is 12.8. The summed E-state index contributed by atoms with van der Waals surface area (Å²) < 4.78 is 11.3. The molecule has 0 aromatic heterocycles. The molecule has 0 aliphatic carbocycles. The Labute approximate surface area is 152 Å². The molecule has 3 aromatic carbocycles. The third-order valence-corrected chi connectivity index (χ3v) is 4.45. The van der Waals surface area contributed by atoms with Gasteiger partial charge in [0.1, 0.15) is 11.5 Å². The Morgan fingerprint density at radius 1 is 0.923 bits per heavy atom. The van der Waals surface area contributed by atoms with Gasteiger partial charge in [0.05, 0.1) is 12.7 Å². The number of aryl methyl sites for hydroxylation is 1. The van der Waals surface area contributed by atoms with E-state index in [1.54, 1.807) is 19.3 Å². The molecule has 0 N–H and O–H groups in total. The molecular weight excluding hydrogens is 324 g/mol. The van der Waals surface area contributed by atoms with Gasteiger partial charge >= 0.3 is 0 Å². The van der Waals surface area contributed by atoms with Gasteiger partial charge < -0.3 is 9.47 Å². The van der Waals surface area contributed by atoms with Gasteiger partial charge in [-0.2, -0.15) is 0 Å². The molecule has 0 radical (unpaired) electrons. The number of fused-ring (bicyclic) bond motifs is 1. The van der Waals surface area contributed by atoms with Crippen LogP contribution in [0.3, 0.4) is 0 Å². The molecule has 3 heteroatoms. The number of Topliss-reactive ketones (excluding diaryl/α,β-unsaturated/α-hetero) is 1. The molecule has 1 aliphatic heterocycles. The number of allylic oxidation sites excluding steroid dienone is 1. The molecular formula is C23H18O3. The monoisotopic (exact) mass is 342 g/mol. The Morgan fingerprint density at radius 2 is 1.65 bits per heavy atom. The minimum atomic E-state index is -0.111. The third-order valence-electron chi connectivity index (χ3n) is 4.45. The van der Waals surface area contributed by atoms with Crippen LogP contribution in [0.25, 0.3) is 17.2 Å². The molecule has 0 saturated carbocycles. The van der Waals surface area contributed by atoms with E-state index < -0.39 is 0 Å². The molecule has 4 rings (SSSR count). The topological polar surface area (TPSA) is 35.5 Å². The van der Waals surface area contributed by atoms with E-state index >= 15 is 0 Å². The van der Waals surface area contributed by atoms with Crippen LogP contribution < -0.4 is 9.47 Å². The zero-order chi connectivity index (χ0) is 18.1. The lowest BCUT2D eigenvalue weighted by atomic mass is 9.99. The highest BCUT2D eigenvalue weighted by atomic mass is 16.5. The van der Waals surface area contributed by atoms with Crippen LogP contribution in [0.4, 0.5) is 0 Å². The quantitative estimate of drug-likeness (QED) is 0.607. The first-order valence-electron chi connectivity index (χ1n) is 8.44. The molecule has 0 saturated heterocycles. The summed E-state index contributed by atoms with van der Waals surface area (Å²) in [5.74, 6) is 1.43. The van der Waals surface area contributed by atoms with Crippen molar-refractivity contribution in [1.29, 1.82) is 0 Å². The number of methoxy groups -OCH3 is 1. The molecule has 1 heterocycles. The van der Waals surface area contributed by atoms with Crippen molar-refractivity contribution < 1.29 is 14.3 Å². The molecule has 0 bridgehead atoms. The third kappa shape index (κ3) is 2.88. The second kappa shape index (κ2) is 6.52. The van der Waals surface area contributed by atoms with Crippen molar-refractivity contribution >= 4 is 11.9 Å². The highest BCUT2D eigenvalue weighted by Gasteiger charge is 2.29. The fourth-order valence-electron chi connectivity index (χ4n) is 3.04. The first-order chi connectivity index (χ1) is 12.7. The molecule has 0 amide bonds. The molecule has 1 aliphatic rings. The van der Waals surface area contributed by atoms with E-state index in [2.05, 4.69) is 0 Å². The molecule has 0 unspecified atom stereocenters. The first kappa shape index (κ1) is 16.2. The zero-order valence-corrected chi connectivity index (χ0v) is 14.7. The predicted octanol–water partition coefficient (Wildman–Crippen LogP) is 5.29. The Kier molecular flexibility index (Phi) is 4.05. The summed E-state index contributed by atoms with van der Waals surface area (Å²) in [5.41, 5.74) is 4.55. The van der Waals surface area contributed by atoms with Gasteiger partial charge in [0.25, 0.3) is 0 Å². The van der Waals surface area contributed by atoms with Crippen LogP contribution in [0.1, 0.15) is 21.5 Å². The number of carbonyl (C=O) groups is 1. The van der Waals surface area contributed by atoms with Crippen LogP contribution in [0.5, 0.6) is 11.5 Å². The summed E-state index contributed by atoms with van der Waals surface area (Å²) in [7, 11) is 1.62. The van der Waals surface area contributed by atoms with Crippen LogP contribution in [0.15, 0.2) is 72.5 Å². The second-order valence-electron chi connectivity index (χ2n) is 6.27. The fraction of sp³-hybridized carbons (Fsp3) is 0.0870. The maximum absolute atomic E-state index is 12.8. The number of carbonyl (C=O) groups excluding carboxylic acids is 1.